The quantitative estimate of drug-likeness (QED) is 0.345. The van der Waals surface area contributed by atoms with Gasteiger partial charge in [0.2, 0.25) is 0 Å². The molecular formula is C11H16BrClIN3OS. The maximum atomic E-state index is 9.94. The van der Waals surface area contributed by atoms with E-state index in [-0.39, 0.29) is 24.0 Å². The second-order valence-corrected chi connectivity index (χ2v) is 6.35. The molecule has 0 aliphatic rings. The molecule has 1 atom stereocenters. The van der Waals surface area contributed by atoms with Gasteiger partial charge in [0.15, 0.2) is 5.96 Å². The Labute approximate surface area is 147 Å². The lowest BCUT2D eigenvalue weighted by Gasteiger charge is -2.14. The summed E-state index contributed by atoms with van der Waals surface area (Å²) in [5.74, 6) is 0.609. The minimum atomic E-state index is -0.603. The highest BCUT2D eigenvalue weighted by Gasteiger charge is 2.10. The molecule has 0 aliphatic heterocycles. The maximum Gasteiger partial charge on any atom is 0.191 e. The molecule has 1 rings (SSSR count). The van der Waals surface area contributed by atoms with Crippen LogP contribution in [-0.4, -0.2) is 31.2 Å². The first-order valence-electron chi connectivity index (χ1n) is 5.24. The molecule has 0 saturated heterocycles. The topological polar surface area (TPSA) is 56.7 Å². The highest BCUT2D eigenvalue weighted by atomic mass is 127. The molecule has 0 bridgehead atoms. The highest BCUT2D eigenvalue weighted by Crippen LogP contribution is 2.26. The van der Waals surface area contributed by atoms with E-state index >= 15 is 0 Å². The first kappa shape index (κ1) is 19.2. The second-order valence-electron chi connectivity index (χ2n) is 3.48. The van der Waals surface area contributed by atoms with Crippen molar-refractivity contribution in [3.63, 3.8) is 0 Å². The van der Waals surface area contributed by atoms with Crippen molar-refractivity contribution in [1.29, 1.82) is 0 Å². The molecule has 108 valence electrons. The molecule has 0 radical (unpaired) electrons. The fraction of sp³-hybridized carbons (Fsp3) is 0.364. The Bertz CT molecular complexity index is 441. The van der Waals surface area contributed by atoms with Crippen LogP contribution in [0.4, 0.5) is 0 Å². The van der Waals surface area contributed by atoms with Crippen LogP contribution in [0.5, 0.6) is 0 Å². The molecule has 0 saturated carbocycles. The van der Waals surface area contributed by atoms with Gasteiger partial charge in [0.05, 0.1) is 4.34 Å². The zero-order valence-electron chi connectivity index (χ0n) is 10.3. The van der Waals surface area contributed by atoms with Crippen LogP contribution in [-0.2, 0) is 0 Å². The van der Waals surface area contributed by atoms with Crippen LogP contribution in [0.1, 0.15) is 11.0 Å². The van der Waals surface area contributed by atoms with Crippen LogP contribution in [0.2, 0.25) is 4.34 Å². The van der Waals surface area contributed by atoms with Gasteiger partial charge in [-0.1, -0.05) is 34.1 Å². The van der Waals surface area contributed by atoms with E-state index in [2.05, 4.69) is 38.1 Å². The summed E-state index contributed by atoms with van der Waals surface area (Å²) in [5, 5.41) is 16.0. The minimum Gasteiger partial charge on any atom is -0.386 e. The van der Waals surface area contributed by atoms with E-state index in [9.17, 15) is 5.11 Å². The molecule has 19 heavy (non-hydrogen) atoms. The smallest absolute Gasteiger partial charge is 0.191 e. The lowest BCUT2D eigenvalue weighted by Crippen LogP contribution is -2.39. The van der Waals surface area contributed by atoms with Gasteiger partial charge in [0.25, 0.3) is 0 Å². The van der Waals surface area contributed by atoms with E-state index in [1.165, 1.54) is 11.3 Å². The van der Waals surface area contributed by atoms with E-state index in [4.69, 9.17) is 11.6 Å². The van der Waals surface area contributed by atoms with Crippen molar-refractivity contribution in [2.45, 2.75) is 6.10 Å². The predicted molar refractivity (Wildman–Crippen MR) is 97.1 cm³/mol. The van der Waals surface area contributed by atoms with E-state index < -0.39 is 6.10 Å². The second kappa shape index (κ2) is 9.98. The van der Waals surface area contributed by atoms with Crippen LogP contribution in [0.15, 0.2) is 28.2 Å². The largest absolute Gasteiger partial charge is 0.386 e. The summed E-state index contributed by atoms with van der Waals surface area (Å²) in [7, 11) is 1.67. The van der Waals surface area contributed by atoms with Gasteiger partial charge < -0.3 is 15.7 Å². The Morgan fingerprint density at radius 1 is 1.58 bits per heavy atom. The van der Waals surface area contributed by atoms with Crippen LogP contribution >= 0.6 is 62.8 Å². The lowest BCUT2D eigenvalue weighted by atomic mass is 10.3. The summed E-state index contributed by atoms with van der Waals surface area (Å²) in [6.07, 6.45) is -0.603. The molecule has 4 nitrogen and oxygen atoms in total. The van der Waals surface area contributed by atoms with Crippen LogP contribution in [0.3, 0.4) is 0 Å². The van der Waals surface area contributed by atoms with E-state index in [0.717, 1.165) is 9.36 Å². The normalized spacial score (nSPS) is 12.5. The third-order valence-corrected chi connectivity index (χ3v) is 3.67. The van der Waals surface area contributed by atoms with Gasteiger partial charge in [-0.05, 0) is 12.1 Å². The summed E-state index contributed by atoms with van der Waals surface area (Å²) < 4.78 is 1.50. The number of halogens is 3. The van der Waals surface area contributed by atoms with Crippen molar-refractivity contribution in [3.05, 3.63) is 32.4 Å². The van der Waals surface area contributed by atoms with Crippen molar-refractivity contribution < 1.29 is 5.11 Å². The SMILES string of the molecule is C=C(Br)CNC(=NC)NCC(O)c1ccc(Cl)s1.I. The Hall–Kier alpha value is 0.170. The Morgan fingerprint density at radius 2 is 2.26 bits per heavy atom. The van der Waals surface area contributed by atoms with E-state index in [1.54, 1.807) is 13.1 Å². The summed E-state index contributed by atoms with van der Waals surface area (Å²) in [6.45, 7) is 4.65. The molecule has 3 N–H and O–H groups in total. The zero-order chi connectivity index (χ0) is 13.5. The van der Waals surface area contributed by atoms with Crippen molar-refractivity contribution in [3.8, 4) is 0 Å². The molecule has 0 fully saturated rings. The molecule has 1 aromatic rings. The Morgan fingerprint density at radius 3 is 2.74 bits per heavy atom. The standard InChI is InChI=1S/C11H15BrClN3OS.HI/c1-7(12)5-15-11(14-2)16-6-8(17)9-3-4-10(13)18-9;/h3-4,8,17H,1,5-6H2,2H3,(H2,14,15,16);1H. The molecular weight excluding hydrogens is 464 g/mol. The van der Waals surface area contributed by atoms with Gasteiger partial charge in [0.1, 0.15) is 6.10 Å². The van der Waals surface area contributed by atoms with Crippen LogP contribution in [0.25, 0.3) is 0 Å². The predicted octanol–water partition coefficient (Wildman–Crippen LogP) is 3.13. The zero-order valence-corrected chi connectivity index (χ0v) is 15.8. The number of thiophene rings is 1. The molecule has 0 spiro atoms. The van der Waals surface area contributed by atoms with Gasteiger partial charge in [0, 0.05) is 29.5 Å². The van der Waals surface area contributed by atoms with E-state index in [1.807, 2.05) is 6.07 Å². The van der Waals surface area contributed by atoms with Crippen molar-refractivity contribution in [1.82, 2.24) is 10.6 Å². The van der Waals surface area contributed by atoms with Gasteiger partial charge in [-0.3, -0.25) is 4.99 Å². The fourth-order valence-corrected chi connectivity index (χ4v) is 2.39. The third-order valence-electron chi connectivity index (χ3n) is 2.06. The summed E-state index contributed by atoms with van der Waals surface area (Å²) >= 11 is 10.4. The number of hydrogen-bond donors (Lipinski definition) is 3. The van der Waals surface area contributed by atoms with Gasteiger partial charge in [-0.25, -0.2) is 0 Å². The number of aliphatic hydroxyl groups excluding tert-OH is 1. The number of rotatable bonds is 5. The third kappa shape index (κ3) is 7.50. The number of hydrogen-bond acceptors (Lipinski definition) is 3. The minimum absolute atomic E-state index is 0. The highest BCUT2D eigenvalue weighted by molar-refractivity contribution is 14.0. The average molecular weight is 481 g/mol. The molecule has 1 heterocycles. The monoisotopic (exact) mass is 479 g/mol. The number of aliphatic imine (C=N–C) groups is 1. The summed E-state index contributed by atoms with van der Waals surface area (Å²) in [5.41, 5.74) is 0. The van der Waals surface area contributed by atoms with Crippen molar-refractivity contribution >= 4 is 68.8 Å². The molecule has 8 heteroatoms. The summed E-state index contributed by atoms with van der Waals surface area (Å²) in [6, 6.07) is 3.59. The number of nitrogens with zero attached hydrogens (tertiary/aromatic N) is 1. The molecule has 1 aromatic heterocycles. The average Bonchev–Trinajstić information content (AvgIpc) is 2.75. The first-order chi connectivity index (χ1) is 8.52. The van der Waals surface area contributed by atoms with Crippen LogP contribution in [0, 0.1) is 0 Å². The van der Waals surface area contributed by atoms with Crippen molar-refractivity contribution in [2.75, 3.05) is 20.1 Å². The van der Waals surface area contributed by atoms with Crippen molar-refractivity contribution in [2.24, 2.45) is 4.99 Å². The number of nitrogens with one attached hydrogen (secondary N) is 2. The Balaban J connectivity index is 0.00000324. The number of guanidine groups is 1. The summed E-state index contributed by atoms with van der Waals surface area (Å²) in [4.78, 5) is 4.86. The molecule has 0 amide bonds. The fourth-order valence-electron chi connectivity index (χ4n) is 1.20. The Kier molecular flexibility index (Phi) is 10.1. The first-order valence-corrected chi connectivity index (χ1v) is 7.22. The van der Waals surface area contributed by atoms with Crippen LogP contribution < -0.4 is 10.6 Å². The maximum absolute atomic E-state index is 9.94. The van der Waals surface area contributed by atoms with Gasteiger partial charge >= 0.3 is 0 Å². The van der Waals surface area contributed by atoms with Gasteiger partial charge in [-0.2, -0.15) is 0 Å². The lowest BCUT2D eigenvalue weighted by molar-refractivity contribution is 0.184. The molecule has 0 aromatic carbocycles. The molecule has 0 aliphatic carbocycles. The van der Waals surface area contributed by atoms with Gasteiger partial charge in [-0.15, -0.1) is 35.3 Å². The van der Waals surface area contributed by atoms with E-state index in [0.29, 0.717) is 23.4 Å². The molecule has 1 unspecified atom stereocenters. The number of aliphatic hydroxyl groups is 1.